The van der Waals surface area contributed by atoms with Crippen molar-refractivity contribution in [3.8, 4) is 0 Å². The Morgan fingerprint density at radius 3 is 2.08 bits per heavy atom. The van der Waals surface area contributed by atoms with Crippen molar-refractivity contribution in [3.63, 3.8) is 0 Å². The molecule has 0 unspecified atom stereocenters. The summed E-state index contributed by atoms with van der Waals surface area (Å²) in [5.41, 5.74) is 0. The van der Waals surface area contributed by atoms with E-state index in [4.69, 9.17) is 0 Å². The maximum Gasteiger partial charge on any atom is 0.326 e. The lowest BCUT2D eigenvalue weighted by atomic mass is 10.2. The van der Waals surface area contributed by atoms with Crippen LogP contribution in [0.1, 0.15) is 20.8 Å². The molecular weight excluding hydrogens is 180 g/mol. The van der Waals surface area contributed by atoms with Gasteiger partial charge in [-0.15, -0.1) is 0 Å². The van der Waals surface area contributed by atoms with Gasteiger partial charge in [0, 0.05) is 6.26 Å². The predicted molar refractivity (Wildman–Crippen MR) is 45.6 cm³/mol. The smallest absolute Gasteiger partial charge is 0.326 e. The fourth-order valence-electron chi connectivity index (χ4n) is 0.456. The third-order valence-corrected chi connectivity index (χ3v) is 3.71. The second-order valence-electron chi connectivity index (χ2n) is 3.00. The van der Waals surface area contributed by atoms with Gasteiger partial charge in [-0.3, -0.25) is 4.79 Å². The Balaban J connectivity index is 4.75. The molecule has 0 aromatic carbocycles. The van der Waals surface area contributed by atoms with Crippen molar-refractivity contribution in [1.29, 1.82) is 0 Å². The third kappa shape index (κ3) is 2.20. The number of hydrogen-bond acceptors (Lipinski definition) is 4. The molecule has 0 saturated heterocycles. The minimum atomic E-state index is -3.40. The minimum Gasteiger partial charge on any atom is -0.465 e. The topological polar surface area (TPSA) is 60.4 Å². The molecule has 12 heavy (non-hydrogen) atoms. The van der Waals surface area contributed by atoms with Gasteiger partial charge in [0.15, 0.2) is 14.6 Å². The lowest BCUT2D eigenvalue weighted by Gasteiger charge is -2.19. The summed E-state index contributed by atoms with van der Waals surface area (Å²) in [6.45, 7) is 4.49. The molecule has 0 fully saturated rings. The fraction of sp³-hybridized carbons (Fsp3) is 0.857. The normalized spacial score (nSPS) is 12.7. The monoisotopic (exact) mass is 194 g/mol. The largest absolute Gasteiger partial charge is 0.465 e. The summed E-state index contributed by atoms with van der Waals surface area (Å²) in [4.78, 5) is 11.1. The minimum absolute atomic E-state index is 0.192. The van der Waals surface area contributed by atoms with Gasteiger partial charge in [0.2, 0.25) is 0 Å². The number of sulfone groups is 1. The Morgan fingerprint density at radius 2 is 1.83 bits per heavy atom. The molecule has 5 heteroatoms. The molecule has 0 radical (unpaired) electrons. The Kier molecular flexibility index (Phi) is 3.26. The van der Waals surface area contributed by atoms with E-state index in [0.717, 1.165) is 6.26 Å². The van der Waals surface area contributed by atoms with E-state index in [2.05, 4.69) is 4.74 Å². The van der Waals surface area contributed by atoms with Crippen molar-refractivity contribution in [3.05, 3.63) is 0 Å². The summed E-state index contributed by atoms with van der Waals surface area (Å²) in [6, 6.07) is 0. The first-order valence-corrected chi connectivity index (χ1v) is 5.49. The summed E-state index contributed by atoms with van der Waals surface area (Å²) in [6.07, 6.45) is 1.02. The van der Waals surface area contributed by atoms with Crippen LogP contribution in [0.15, 0.2) is 0 Å². The van der Waals surface area contributed by atoms with E-state index in [-0.39, 0.29) is 6.61 Å². The van der Waals surface area contributed by atoms with Gasteiger partial charge in [-0.2, -0.15) is 0 Å². The first-order chi connectivity index (χ1) is 5.23. The molecule has 0 saturated carbocycles. The van der Waals surface area contributed by atoms with E-state index in [1.54, 1.807) is 6.92 Å². The fourth-order valence-corrected chi connectivity index (χ4v) is 0.818. The molecule has 0 aliphatic rings. The third-order valence-electron chi connectivity index (χ3n) is 1.69. The first kappa shape index (κ1) is 11.4. The SMILES string of the molecule is CCOC(=O)C(C)(C)S(C)(=O)=O. The van der Waals surface area contributed by atoms with E-state index in [1.807, 2.05) is 0 Å². The van der Waals surface area contributed by atoms with Crippen LogP contribution in [-0.2, 0) is 19.4 Å². The average molecular weight is 194 g/mol. The highest BCUT2D eigenvalue weighted by atomic mass is 32.2. The summed E-state index contributed by atoms with van der Waals surface area (Å²) >= 11 is 0. The van der Waals surface area contributed by atoms with Crippen molar-refractivity contribution in [2.24, 2.45) is 0 Å². The number of carbonyl (C=O) groups is 1. The molecule has 0 aromatic rings. The zero-order valence-corrected chi connectivity index (χ0v) is 8.56. The first-order valence-electron chi connectivity index (χ1n) is 3.60. The number of carbonyl (C=O) groups excluding carboxylic acids is 1. The number of rotatable bonds is 3. The summed E-state index contributed by atoms with van der Waals surface area (Å²) < 4.78 is 25.3. The molecule has 0 heterocycles. The van der Waals surface area contributed by atoms with Crippen LogP contribution >= 0.6 is 0 Å². The molecule has 0 spiro atoms. The van der Waals surface area contributed by atoms with Gasteiger partial charge in [-0.05, 0) is 20.8 Å². The molecule has 0 amide bonds. The van der Waals surface area contributed by atoms with Gasteiger partial charge in [0.1, 0.15) is 0 Å². The van der Waals surface area contributed by atoms with Gasteiger partial charge in [0.05, 0.1) is 6.61 Å². The van der Waals surface area contributed by atoms with Gasteiger partial charge in [-0.25, -0.2) is 8.42 Å². The van der Waals surface area contributed by atoms with Gasteiger partial charge < -0.3 is 4.74 Å². The van der Waals surface area contributed by atoms with Crippen LogP contribution in [-0.4, -0.2) is 32.0 Å². The van der Waals surface area contributed by atoms with E-state index in [1.165, 1.54) is 13.8 Å². The van der Waals surface area contributed by atoms with Gasteiger partial charge in [-0.1, -0.05) is 0 Å². The van der Waals surface area contributed by atoms with Crippen molar-refractivity contribution >= 4 is 15.8 Å². The number of esters is 1. The van der Waals surface area contributed by atoms with Crippen LogP contribution in [0.2, 0.25) is 0 Å². The molecule has 4 nitrogen and oxygen atoms in total. The van der Waals surface area contributed by atoms with Gasteiger partial charge in [0.25, 0.3) is 0 Å². The van der Waals surface area contributed by atoms with Gasteiger partial charge >= 0.3 is 5.97 Å². The molecule has 0 aliphatic heterocycles. The second kappa shape index (κ2) is 3.43. The second-order valence-corrected chi connectivity index (χ2v) is 5.57. The van der Waals surface area contributed by atoms with Crippen molar-refractivity contribution < 1.29 is 17.9 Å². The number of ether oxygens (including phenoxy) is 1. The molecule has 0 aliphatic carbocycles. The van der Waals surface area contributed by atoms with Crippen molar-refractivity contribution in [1.82, 2.24) is 0 Å². The number of hydrogen-bond donors (Lipinski definition) is 0. The van der Waals surface area contributed by atoms with Crippen molar-refractivity contribution in [2.45, 2.75) is 25.5 Å². The molecule has 0 N–H and O–H groups in total. The average Bonchev–Trinajstić information content (AvgIpc) is 1.85. The molecule has 0 rings (SSSR count). The molecule has 0 bridgehead atoms. The lowest BCUT2D eigenvalue weighted by Crippen LogP contribution is -2.41. The van der Waals surface area contributed by atoms with E-state index in [0.29, 0.717) is 0 Å². The molecule has 0 atom stereocenters. The zero-order chi connectivity index (χ0) is 9.99. The molecule has 0 aromatic heterocycles. The highest BCUT2D eigenvalue weighted by Gasteiger charge is 2.39. The Labute approximate surface area is 72.8 Å². The van der Waals surface area contributed by atoms with Crippen LogP contribution in [0.25, 0.3) is 0 Å². The van der Waals surface area contributed by atoms with Crippen LogP contribution in [0, 0.1) is 0 Å². The molecular formula is C7H14O4S. The summed E-state index contributed by atoms with van der Waals surface area (Å²) in [7, 11) is -3.40. The predicted octanol–water partition coefficient (Wildman–Crippen LogP) is 0.373. The summed E-state index contributed by atoms with van der Waals surface area (Å²) in [5.74, 6) is -0.701. The summed E-state index contributed by atoms with van der Waals surface area (Å²) in [5, 5.41) is 0. The van der Waals surface area contributed by atoms with E-state index >= 15 is 0 Å². The highest BCUT2D eigenvalue weighted by molar-refractivity contribution is 7.92. The zero-order valence-electron chi connectivity index (χ0n) is 7.75. The lowest BCUT2D eigenvalue weighted by molar-refractivity contribution is -0.145. The molecule has 72 valence electrons. The maximum atomic E-state index is 11.1. The van der Waals surface area contributed by atoms with Crippen molar-refractivity contribution in [2.75, 3.05) is 12.9 Å². The van der Waals surface area contributed by atoms with Crippen LogP contribution in [0.3, 0.4) is 0 Å². The quantitative estimate of drug-likeness (QED) is 0.609. The maximum absolute atomic E-state index is 11.1. The van der Waals surface area contributed by atoms with E-state index < -0.39 is 20.6 Å². The Hall–Kier alpha value is -0.580. The van der Waals surface area contributed by atoms with E-state index in [9.17, 15) is 13.2 Å². The highest BCUT2D eigenvalue weighted by Crippen LogP contribution is 2.16. The van der Waals surface area contributed by atoms with Crippen LogP contribution in [0.4, 0.5) is 0 Å². The Morgan fingerprint density at radius 1 is 1.42 bits per heavy atom. The Bertz CT molecular complexity index is 263. The standard InChI is InChI=1S/C7H14O4S/c1-5-11-6(8)7(2,3)12(4,9)10/h5H2,1-4H3. The van der Waals surface area contributed by atoms with Crippen LogP contribution in [0.5, 0.6) is 0 Å². The van der Waals surface area contributed by atoms with Crippen LogP contribution < -0.4 is 0 Å².